The second-order valence-electron chi connectivity index (χ2n) is 17.3. The van der Waals surface area contributed by atoms with Gasteiger partial charge in [-0.2, -0.15) is 0 Å². The number of hydrogen-bond acceptors (Lipinski definition) is 2. The number of fused-ring (bicyclic) bond motifs is 9. The Morgan fingerprint density at radius 2 is 0.742 bits per heavy atom. The number of rotatable bonds is 7. The molecule has 66 heavy (non-hydrogen) atoms. The van der Waals surface area contributed by atoms with E-state index in [1.807, 2.05) is 0 Å². The lowest BCUT2D eigenvalue weighted by Gasteiger charge is -2.26. The van der Waals surface area contributed by atoms with Crippen LogP contribution in [0.1, 0.15) is 0 Å². The lowest BCUT2D eigenvalue weighted by atomic mass is 9.96. The van der Waals surface area contributed by atoms with Crippen LogP contribution in [0.15, 0.2) is 253 Å². The molecule has 2 nitrogen and oxygen atoms in total. The third-order valence-electron chi connectivity index (χ3n) is 13.4. The number of benzene rings is 12. The molecule has 0 bridgehead atoms. The SMILES string of the molecule is c1cc(-c2cccc3oc4c5ccccc5ccc4c23)cc(N(c2ccc(-c3ccc(-c4ccc5ccccc5c4)cc3)cc2)c2ccc(-c3ccc4c(ccc5ccccc54)c3)cc2)c1. The zero-order valence-corrected chi connectivity index (χ0v) is 36.0. The van der Waals surface area contributed by atoms with Gasteiger partial charge in [0.1, 0.15) is 11.2 Å². The van der Waals surface area contributed by atoms with Crippen molar-refractivity contribution >= 4 is 82.1 Å². The van der Waals surface area contributed by atoms with Gasteiger partial charge < -0.3 is 9.32 Å². The zero-order chi connectivity index (χ0) is 43.6. The Kier molecular flexibility index (Phi) is 8.89. The highest BCUT2D eigenvalue weighted by Gasteiger charge is 2.18. The van der Waals surface area contributed by atoms with Gasteiger partial charge in [0.15, 0.2) is 0 Å². The molecule has 0 fully saturated rings. The zero-order valence-electron chi connectivity index (χ0n) is 36.0. The quantitative estimate of drug-likeness (QED) is 0.149. The van der Waals surface area contributed by atoms with E-state index in [-0.39, 0.29) is 0 Å². The maximum absolute atomic E-state index is 6.62. The van der Waals surface area contributed by atoms with Crippen LogP contribution in [0.5, 0.6) is 0 Å². The van der Waals surface area contributed by atoms with E-state index in [9.17, 15) is 0 Å². The van der Waals surface area contributed by atoms with Crippen molar-refractivity contribution in [2.24, 2.45) is 0 Å². The molecule has 0 saturated heterocycles. The standard InChI is InChI=1S/C64H41NO/c1-2-12-49-39-50(25-23-42(49)9-1)45-21-19-43(20-22-45)44-27-33-54(34-28-44)65(55-35-29-46(30-36-55)51-32-37-58-53(40-51)26-24-47-10-3-5-15-57(47)58)56-14-7-13-52(41-56)59-17-8-18-62-63(59)61-38-31-48-11-4-6-16-60(48)64(61)66-62/h1-41H. The first kappa shape index (κ1) is 37.8. The highest BCUT2D eigenvalue weighted by molar-refractivity contribution is 6.19. The highest BCUT2D eigenvalue weighted by Crippen LogP contribution is 2.43. The Labute approximate surface area is 382 Å². The monoisotopic (exact) mass is 839 g/mol. The van der Waals surface area contributed by atoms with E-state index >= 15 is 0 Å². The summed E-state index contributed by atoms with van der Waals surface area (Å²) in [6, 6.07) is 90.3. The molecule has 0 aliphatic rings. The summed E-state index contributed by atoms with van der Waals surface area (Å²) in [6.45, 7) is 0. The Balaban J connectivity index is 0.887. The summed E-state index contributed by atoms with van der Waals surface area (Å²) in [5.41, 5.74) is 14.5. The predicted molar refractivity (Wildman–Crippen MR) is 280 cm³/mol. The van der Waals surface area contributed by atoms with Crippen molar-refractivity contribution < 1.29 is 4.42 Å². The minimum Gasteiger partial charge on any atom is -0.455 e. The number of hydrogen-bond donors (Lipinski definition) is 0. The average molecular weight is 840 g/mol. The first-order valence-corrected chi connectivity index (χ1v) is 22.6. The van der Waals surface area contributed by atoms with Gasteiger partial charge >= 0.3 is 0 Å². The Hall–Kier alpha value is -8.72. The lowest BCUT2D eigenvalue weighted by Crippen LogP contribution is -2.10. The third-order valence-corrected chi connectivity index (χ3v) is 13.4. The van der Waals surface area contributed by atoms with Crippen LogP contribution in [0.25, 0.3) is 110 Å². The fraction of sp³-hybridized carbons (Fsp3) is 0. The van der Waals surface area contributed by atoms with E-state index in [0.29, 0.717) is 0 Å². The molecule has 308 valence electrons. The summed E-state index contributed by atoms with van der Waals surface area (Å²) in [5, 5.41) is 12.1. The van der Waals surface area contributed by atoms with Gasteiger partial charge in [0.25, 0.3) is 0 Å². The van der Waals surface area contributed by atoms with Crippen molar-refractivity contribution in [3.05, 3.63) is 249 Å². The van der Waals surface area contributed by atoms with E-state index < -0.39 is 0 Å². The van der Waals surface area contributed by atoms with Crippen molar-refractivity contribution in [2.75, 3.05) is 4.90 Å². The molecule has 0 N–H and O–H groups in total. The smallest absolute Gasteiger partial charge is 0.143 e. The molecule has 13 rings (SSSR count). The molecule has 13 aromatic rings. The van der Waals surface area contributed by atoms with Gasteiger partial charge in [-0.05, 0) is 143 Å². The molecule has 1 aromatic heterocycles. The van der Waals surface area contributed by atoms with Gasteiger partial charge in [0.2, 0.25) is 0 Å². The first-order valence-electron chi connectivity index (χ1n) is 22.6. The molecule has 0 aliphatic carbocycles. The van der Waals surface area contributed by atoms with Crippen LogP contribution in [-0.4, -0.2) is 0 Å². The summed E-state index contributed by atoms with van der Waals surface area (Å²) in [6.07, 6.45) is 0. The van der Waals surface area contributed by atoms with E-state index in [1.54, 1.807) is 0 Å². The Bertz CT molecular complexity index is 3970. The highest BCUT2D eigenvalue weighted by atomic mass is 16.3. The molecular weight excluding hydrogens is 799 g/mol. The van der Waals surface area contributed by atoms with Crippen LogP contribution in [0.2, 0.25) is 0 Å². The van der Waals surface area contributed by atoms with Crippen LogP contribution >= 0.6 is 0 Å². The van der Waals surface area contributed by atoms with Gasteiger partial charge in [0, 0.05) is 33.2 Å². The maximum atomic E-state index is 6.62. The van der Waals surface area contributed by atoms with Crippen LogP contribution in [0.3, 0.4) is 0 Å². The van der Waals surface area contributed by atoms with E-state index in [1.165, 1.54) is 71.1 Å². The first-order chi connectivity index (χ1) is 32.7. The van der Waals surface area contributed by atoms with Gasteiger partial charge in [-0.25, -0.2) is 0 Å². The van der Waals surface area contributed by atoms with E-state index in [4.69, 9.17) is 4.42 Å². The molecule has 12 aromatic carbocycles. The van der Waals surface area contributed by atoms with Gasteiger partial charge in [-0.15, -0.1) is 0 Å². The Morgan fingerprint density at radius 1 is 0.258 bits per heavy atom. The average Bonchev–Trinajstić information content (AvgIpc) is 3.79. The van der Waals surface area contributed by atoms with Gasteiger partial charge in [0.05, 0.1) is 0 Å². The summed E-state index contributed by atoms with van der Waals surface area (Å²) in [4.78, 5) is 2.37. The minimum atomic E-state index is 0.888. The fourth-order valence-corrected chi connectivity index (χ4v) is 10.1. The van der Waals surface area contributed by atoms with E-state index in [2.05, 4.69) is 254 Å². The molecule has 0 saturated carbocycles. The summed E-state index contributed by atoms with van der Waals surface area (Å²) in [7, 11) is 0. The largest absolute Gasteiger partial charge is 0.455 e. The molecule has 0 amide bonds. The molecule has 0 atom stereocenters. The normalized spacial score (nSPS) is 11.6. The predicted octanol–water partition coefficient (Wildman–Crippen LogP) is 18.3. The minimum absolute atomic E-state index is 0.888. The topological polar surface area (TPSA) is 16.4 Å². The molecular formula is C64H41NO. The van der Waals surface area contributed by atoms with Gasteiger partial charge in [-0.1, -0.05) is 188 Å². The van der Waals surface area contributed by atoms with Crippen molar-refractivity contribution in [1.29, 1.82) is 0 Å². The molecule has 0 spiro atoms. The second kappa shape index (κ2) is 15.5. The van der Waals surface area contributed by atoms with Crippen LogP contribution in [-0.2, 0) is 0 Å². The molecule has 0 unspecified atom stereocenters. The molecule has 0 aliphatic heterocycles. The molecule has 2 heteroatoms. The van der Waals surface area contributed by atoms with Crippen molar-refractivity contribution in [3.8, 4) is 44.5 Å². The van der Waals surface area contributed by atoms with Crippen molar-refractivity contribution in [3.63, 3.8) is 0 Å². The summed E-state index contributed by atoms with van der Waals surface area (Å²) in [5.74, 6) is 0. The Morgan fingerprint density at radius 3 is 1.47 bits per heavy atom. The summed E-state index contributed by atoms with van der Waals surface area (Å²) >= 11 is 0. The third kappa shape index (κ3) is 6.50. The van der Waals surface area contributed by atoms with Crippen LogP contribution < -0.4 is 4.90 Å². The van der Waals surface area contributed by atoms with Crippen LogP contribution in [0, 0.1) is 0 Å². The second-order valence-corrected chi connectivity index (χ2v) is 17.3. The van der Waals surface area contributed by atoms with Crippen LogP contribution in [0.4, 0.5) is 17.1 Å². The number of furan rings is 1. The van der Waals surface area contributed by atoms with Crippen molar-refractivity contribution in [1.82, 2.24) is 0 Å². The molecule has 0 radical (unpaired) electrons. The van der Waals surface area contributed by atoms with Crippen molar-refractivity contribution in [2.45, 2.75) is 0 Å². The number of nitrogens with zero attached hydrogens (tertiary/aromatic N) is 1. The fourth-order valence-electron chi connectivity index (χ4n) is 10.1. The molecule has 1 heterocycles. The summed E-state index contributed by atoms with van der Waals surface area (Å²) < 4.78 is 6.62. The number of anilines is 3. The lowest BCUT2D eigenvalue weighted by molar-refractivity contribution is 0.673. The maximum Gasteiger partial charge on any atom is 0.143 e. The van der Waals surface area contributed by atoms with E-state index in [0.717, 1.165) is 55.5 Å². The van der Waals surface area contributed by atoms with Gasteiger partial charge in [-0.3, -0.25) is 0 Å².